The summed E-state index contributed by atoms with van der Waals surface area (Å²) in [6.07, 6.45) is 2.75. The molecule has 0 atom stereocenters. The Hall–Kier alpha value is -1.06. The van der Waals surface area contributed by atoms with E-state index >= 15 is 0 Å². The Kier molecular flexibility index (Phi) is 4.48. The zero-order chi connectivity index (χ0) is 13.9. The lowest BCUT2D eigenvalue weighted by atomic mass is 9.83. The summed E-state index contributed by atoms with van der Waals surface area (Å²) in [6.45, 7) is 7.98. The first-order chi connectivity index (χ1) is 9.01. The normalized spacial score (nSPS) is 18.7. The van der Waals surface area contributed by atoms with E-state index in [4.69, 9.17) is 10.5 Å². The van der Waals surface area contributed by atoms with Gasteiger partial charge in [0.05, 0.1) is 6.10 Å². The van der Waals surface area contributed by atoms with E-state index < -0.39 is 0 Å². The molecule has 1 aliphatic rings. The second kappa shape index (κ2) is 5.93. The molecule has 2 rings (SSSR count). The third-order valence-corrected chi connectivity index (χ3v) is 4.18. The van der Waals surface area contributed by atoms with Crippen LogP contribution in [0.25, 0.3) is 0 Å². The van der Waals surface area contributed by atoms with Gasteiger partial charge >= 0.3 is 0 Å². The van der Waals surface area contributed by atoms with Gasteiger partial charge in [-0.15, -0.1) is 0 Å². The van der Waals surface area contributed by atoms with E-state index in [1.54, 1.807) is 0 Å². The molecule has 1 aliphatic heterocycles. The fraction of sp³-hybridized carbons (Fsp3) is 0.625. The van der Waals surface area contributed by atoms with Crippen molar-refractivity contribution in [3.05, 3.63) is 29.8 Å². The highest BCUT2D eigenvalue weighted by atomic mass is 16.5. The molecule has 0 saturated carbocycles. The molecular formula is C16H26N2O. The van der Waals surface area contributed by atoms with Crippen molar-refractivity contribution in [3.8, 4) is 0 Å². The molecule has 19 heavy (non-hydrogen) atoms. The fourth-order valence-corrected chi connectivity index (χ4v) is 2.89. The monoisotopic (exact) mass is 262 g/mol. The van der Waals surface area contributed by atoms with Crippen LogP contribution < -0.4 is 5.73 Å². The summed E-state index contributed by atoms with van der Waals surface area (Å²) in [5.74, 6) is 0. The van der Waals surface area contributed by atoms with Gasteiger partial charge in [0, 0.05) is 37.8 Å². The second-order valence-electron chi connectivity index (χ2n) is 6.22. The van der Waals surface area contributed by atoms with Gasteiger partial charge in [-0.1, -0.05) is 26.0 Å². The number of piperidine rings is 1. The number of anilines is 1. The van der Waals surface area contributed by atoms with Crippen molar-refractivity contribution in [2.45, 2.75) is 38.2 Å². The first kappa shape index (κ1) is 14.4. The first-order valence-electron chi connectivity index (χ1n) is 7.12. The third kappa shape index (κ3) is 3.71. The Morgan fingerprint density at radius 3 is 2.32 bits per heavy atom. The quantitative estimate of drug-likeness (QED) is 0.848. The molecule has 3 heteroatoms. The van der Waals surface area contributed by atoms with E-state index in [2.05, 4.69) is 30.9 Å². The maximum absolute atomic E-state index is 5.76. The fourth-order valence-electron chi connectivity index (χ4n) is 2.89. The predicted octanol–water partition coefficient (Wildman–Crippen LogP) is 2.66. The van der Waals surface area contributed by atoms with Gasteiger partial charge in [0.2, 0.25) is 0 Å². The van der Waals surface area contributed by atoms with Crippen molar-refractivity contribution in [3.63, 3.8) is 0 Å². The topological polar surface area (TPSA) is 38.5 Å². The average molecular weight is 262 g/mol. The van der Waals surface area contributed by atoms with Crippen molar-refractivity contribution >= 4 is 5.69 Å². The minimum atomic E-state index is 0.160. The van der Waals surface area contributed by atoms with Crippen LogP contribution in [0.4, 0.5) is 5.69 Å². The molecule has 0 spiro atoms. The van der Waals surface area contributed by atoms with Crippen LogP contribution in [0.5, 0.6) is 0 Å². The van der Waals surface area contributed by atoms with E-state index in [-0.39, 0.29) is 5.41 Å². The van der Waals surface area contributed by atoms with Gasteiger partial charge in [0.25, 0.3) is 0 Å². The van der Waals surface area contributed by atoms with Gasteiger partial charge in [-0.25, -0.2) is 0 Å². The molecule has 3 nitrogen and oxygen atoms in total. The van der Waals surface area contributed by atoms with Crippen LogP contribution in [-0.2, 0) is 10.2 Å². The molecule has 1 aromatic carbocycles. The number of hydrogen-bond acceptors (Lipinski definition) is 3. The summed E-state index contributed by atoms with van der Waals surface area (Å²) >= 11 is 0. The number of rotatable bonds is 4. The third-order valence-electron chi connectivity index (χ3n) is 4.18. The Morgan fingerprint density at radius 2 is 1.79 bits per heavy atom. The van der Waals surface area contributed by atoms with Gasteiger partial charge in [-0.2, -0.15) is 0 Å². The summed E-state index contributed by atoms with van der Waals surface area (Å²) in [7, 11) is 1.82. The van der Waals surface area contributed by atoms with E-state index in [9.17, 15) is 0 Å². The zero-order valence-corrected chi connectivity index (χ0v) is 12.4. The lowest BCUT2D eigenvalue weighted by Gasteiger charge is -2.37. The van der Waals surface area contributed by atoms with Gasteiger partial charge in [0.15, 0.2) is 0 Å². The highest BCUT2D eigenvalue weighted by molar-refractivity contribution is 5.41. The molecule has 1 fully saturated rings. The van der Waals surface area contributed by atoms with Crippen LogP contribution in [0, 0.1) is 0 Å². The summed E-state index contributed by atoms with van der Waals surface area (Å²) in [4.78, 5) is 2.55. The number of nitrogens with two attached hydrogens (primary N) is 1. The van der Waals surface area contributed by atoms with Crippen LogP contribution in [0.3, 0.4) is 0 Å². The molecular weight excluding hydrogens is 236 g/mol. The summed E-state index contributed by atoms with van der Waals surface area (Å²) < 4.78 is 5.43. The summed E-state index contributed by atoms with van der Waals surface area (Å²) in [5, 5.41) is 0. The van der Waals surface area contributed by atoms with Crippen LogP contribution in [0.1, 0.15) is 32.3 Å². The lowest BCUT2D eigenvalue weighted by molar-refractivity contribution is 0.0358. The molecule has 2 N–H and O–H groups in total. The van der Waals surface area contributed by atoms with Crippen molar-refractivity contribution in [2.75, 3.05) is 32.5 Å². The molecule has 1 heterocycles. The smallest absolute Gasteiger partial charge is 0.0595 e. The molecule has 0 aromatic heterocycles. The van der Waals surface area contributed by atoms with Gasteiger partial charge in [-0.3, -0.25) is 0 Å². The number of ether oxygens (including phenoxy) is 1. The Balaban J connectivity index is 1.95. The molecule has 0 radical (unpaired) electrons. The number of hydrogen-bond donors (Lipinski definition) is 1. The Labute approximate surface area is 116 Å². The zero-order valence-electron chi connectivity index (χ0n) is 12.4. The Bertz CT molecular complexity index is 392. The number of likely N-dealkylation sites (tertiary alicyclic amines) is 1. The number of nitrogen functional groups attached to an aromatic ring is 1. The minimum Gasteiger partial charge on any atom is -0.399 e. The minimum absolute atomic E-state index is 0.160. The van der Waals surface area contributed by atoms with Gasteiger partial charge in [0.1, 0.15) is 0 Å². The highest BCUT2D eigenvalue weighted by Gasteiger charge is 2.26. The summed E-state index contributed by atoms with van der Waals surface area (Å²) in [6, 6.07) is 8.29. The van der Waals surface area contributed by atoms with Crippen molar-refractivity contribution < 1.29 is 4.74 Å². The average Bonchev–Trinajstić information content (AvgIpc) is 2.40. The molecule has 0 aliphatic carbocycles. The summed E-state index contributed by atoms with van der Waals surface area (Å²) in [5.41, 5.74) is 8.11. The van der Waals surface area contributed by atoms with Crippen molar-refractivity contribution in [1.82, 2.24) is 4.90 Å². The maximum Gasteiger partial charge on any atom is 0.0595 e. The molecule has 106 valence electrons. The molecule has 1 saturated heterocycles. The van der Waals surface area contributed by atoms with Crippen LogP contribution in [0.2, 0.25) is 0 Å². The molecule has 0 amide bonds. The van der Waals surface area contributed by atoms with Gasteiger partial charge < -0.3 is 15.4 Å². The number of benzene rings is 1. The van der Waals surface area contributed by atoms with Crippen molar-refractivity contribution in [2.24, 2.45) is 0 Å². The molecule has 1 aromatic rings. The van der Waals surface area contributed by atoms with E-state index in [0.29, 0.717) is 6.10 Å². The maximum atomic E-state index is 5.76. The molecule has 0 unspecified atom stereocenters. The second-order valence-corrected chi connectivity index (χ2v) is 6.22. The largest absolute Gasteiger partial charge is 0.399 e. The standard InChI is InChI=1S/C16H26N2O/c1-16(2,13-4-6-14(17)7-5-13)12-18-10-8-15(19-3)9-11-18/h4-7,15H,8-12,17H2,1-3H3. The lowest BCUT2D eigenvalue weighted by Crippen LogP contribution is -2.43. The highest BCUT2D eigenvalue weighted by Crippen LogP contribution is 2.26. The van der Waals surface area contributed by atoms with Crippen LogP contribution in [0.15, 0.2) is 24.3 Å². The molecule has 0 bridgehead atoms. The van der Waals surface area contributed by atoms with Crippen LogP contribution >= 0.6 is 0 Å². The van der Waals surface area contributed by atoms with Crippen LogP contribution in [-0.4, -0.2) is 37.7 Å². The number of methoxy groups -OCH3 is 1. The SMILES string of the molecule is COC1CCN(CC(C)(C)c2ccc(N)cc2)CC1. The predicted molar refractivity (Wildman–Crippen MR) is 80.4 cm³/mol. The van der Waals surface area contributed by atoms with E-state index in [0.717, 1.165) is 38.2 Å². The van der Waals surface area contributed by atoms with E-state index in [1.807, 2.05) is 19.2 Å². The van der Waals surface area contributed by atoms with E-state index in [1.165, 1.54) is 5.56 Å². The van der Waals surface area contributed by atoms with Crippen molar-refractivity contribution in [1.29, 1.82) is 0 Å². The van der Waals surface area contributed by atoms with Gasteiger partial charge in [-0.05, 0) is 30.5 Å². The first-order valence-corrected chi connectivity index (χ1v) is 7.12. The Morgan fingerprint density at radius 1 is 1.21 bits per heavy atom. The number of nitrogens with zero attached hydrogens (tertiary/aromatic N) is 1.